The fraction of sp³-hybridized carbons (Fsp3) is 0.923. The number of hydrogen-bond donors (Lipinski definition) is 1. The van der Waals surface area contributed by atoms with Crippen LogP contribution in [0.4, 0.5) is 0 Å². The second-order valence-corrected chi connectivity index (χ2v) is 5.24. The highest BCUT2D eigenvalue weighted by molar-refractivity contribution is 5.70. The molecule has 0 aliphatic carbocycles. The minimum atomic E-state index is -0.745. The molecule has 0 radical (unpaired) electrons. The Morgan fingerprint density at radius 2 is 1.94 bits per heavy atom. The first-order valence-electron chi connectivity index (χ1n) is 6.18. The average Bonchev–Trinajstić information content (AvgIpc) is 2.22. The highest BCUT2D eigenvalue weighted by atomic mass is 16.5. The first-order valence-corrected chi connectivity index (χ1v) is 6.18. The summed E-state index contributed by atoms with van der Waals surface area (Å²) in [7, 11) is 0. The van der Waals surface area contributed by atoms with Crippen LogP contribution in [-0.4, -0.2) is 23.8 Å². The largest absolute Gasteiger partial charge is 0.481 e. The maximum Gasteiger partial charge on any atom is 0.309 e. The molecule has 0 amide bonds. The molecule has 2 atom stereocenters. The fourth-order valence-corrected chi connectivity index (χ4v) is 1.61. The zero-order valence-corrected chi connectivity index (χ0v) is 11.2. The predicted molar refractivity (Wildman–Crippen MR) is 65.5 cm³/mol. The van der Waals surface area contributed by atoms with E-state index in [1.54, 1.807) is 0 Å². The van der Waals surface area contributed by atoms with Gasteiger partial charge in [0.25, 0.3) is 0 Å². The molecule has 0 aliphatic rings. The fourth-order valence-electron chi connectivity index (χ4n) is 1.61. The summed E-state index contributed by atoms with van der Waals surface area (Å²) in [6.07, 6.45) is 2.37. The molecule has 0 rings (SSSR count). The molecule has 0 aromatic heterocycles. The van der Waals surface area contributed by atoms with Crippen LogP contribution in [-0.2, 0) is 9.53 Å². The van der Waals surface area contributed by atoms with Crippen molar-refractivity contribution < 1.29 is 14.6 Å². The van der Waals surface area contributed by atoms with Crippen molar-refractivity contribution in [3.05, 3.63) is 0 Å². The molecular formula is C13H26O3. The molecule has 3 heteroatoms. The van der Waals surface area contributed by atoms with Crippen molar-refractivity contribution in [1.29, 1.82) is 0 Å². The normalized spacial score (nSPS) is 15.8. The van der Waals surface area contributed by atoms with Crippen LogP contribution < -0.4 is 0 Å². The van der Waals surface area contributed by atoms with E-state index in [0.29, 0.717) is 13.0 Å². The first-order chi connectivity index (χ1) is 7.34. The Bertz CT molecular complexity index is 211. The van der Waals surface area contributed by atoms with Gasteiger partial charge in [0, 0.05) is 6.61 Å². The molecule has 0 aromatic carbocycles. The lowest BCUT2D eigenvalue weighted by molar-refractivity contribution is -0.148. The summed E-state index contributed by atoms with van der Waals surface area (Å²) in [5, 5.41) is 9.22. The maximum atomic E-state index is 11.2. The number of ether oxygens (including phenoxy) is 1. The van der Waals surface area contributed by atoms with Gasteiger partial charge in [-0.25, -0.2) is 0 Å². The lowest BCUT2D eigenvalue weighted by Crippen LogP contribution is -2.32. The Morgan fingerprint density at radius 3 is 2.31 bits per heavy atom. The summed E-state index contributed by atoms with van der Waals surface area (Å²) in [6.45, 7) is 10.8. The highest BCUT2D eigenvalue weighted by Gasteiger charge is 2.31. The van der Waals surface area contributed by atoms with E-state index in [2.05, 4.69) is 20.8 Å². The molecule has 2 unspecified atom stereocenters. The van der Waals surface area contributed by atoms with Gasteiger partial charge in [-0.05, 0) is 25.2 Å². The molecule has 3 nitrogen and oxygen atoms in total. The molecule has 1 N–H and O–H groups in total. The third-order valence-electron chi connectivity index (χ3n) is 3.20. The zero-order valence-electron chi connectivity index (χ0n) is 11.2. The molecule has 0 spiro atoms. The van der Waals surface area contributed by atoms with E-state index in [1.807, 2.05) is 13.8 Å². The van der Waals surface area contributed by atoms with Gasteiger partial charge in [-0.1, -0.05) is 34.1 Å². The summed E-state index contributed by atoms with van der Waals surface area (Å²) in [5.74, 6) is -1.15. The van der Waals surface area contributed by atoms with Crippen molar-refractivity contribution in [2.24, 2.45) is 11.3 Å². The van der Waals surface area contributed by atoms with Crippen LogP contribution >= 0.6 is 0 Å². The summed E-state index contributed by atoms with van der Waals surface area (Å²) < 4.78 is 5.52. The van der Waals surface area contributed by atoms with E-state index in [-0.39, 0.29) is 11.5 Å². The molecular weight excluding hydrogens is 204 g/mol. The molecule has 96 valence electrons. The predicted octanol–water partition coefficient (Wildman–Crippen LogP) is 3.33. The van der Waals surface area contributed by atoms with Crippen molar-refractivity contribution in [2.75, 3.05) is 6.61 Å². The number of aliphatic carboxylic acids is 1. The molecule has 0 heterocycles. The SMILES string of the molecule is CCCOC(C)C(CC(C)(C)CC)C(=O)O. The Kier molecular flexibility index (Phi) is 6.65. The monoisotopic (exact) mass is 230 g/mol. The number of carboxylic acid groups (broad SMARTS) is 1. The Balaban J connectivity index is 4.43. The smallest absolute Gasteiger partial charge is 0.309 e. The van der Waals surface area contributed by atoms with E-state index < -0.39 is 11.9 Å². The minimum absolute atomic E-state index is 0.0624. The van der Waals surface area contributed by atoms with Crippen LogP contribution in [0.15, 0.2) is 0 Å². The summed E-state index contributed by atoms with van der Waals surface area (Å²) in [6, 6.07) is 0. The molecule has 0 bridgehead atoms. The molecule has 0 aromatic rings. The van der Waals surface area contributed by atoms with E-state index in [1.165, 1.54) is 0 Å². The second-order valence-electron chi connectivity index (χ2n) is 5.24. The third kappa shape index (κ3) is 5.50. The van der Waals surface area contributed by atoms with E-state index in [9.17, 15) is 9.90 Å². The molecule has 16 heavy (non-hydrogen) atoms. The summed E-state index contributed by atoms with van der Waals surface area (Å²) in [4.78, 5) is 11.2. The average molecular weight is 230 g/mol. The Hall–Kier alpha value is -0.570. The minimum Gasteiger partial charge on any atom is -0.481 e. The van der Waals surface area contributed by atoms with Crippen LogP contribution in [0.1, 0.15) is 53.9 Å². The van der Waals surface area contributed by atoms with E-state index in [4.69, 9.17) is 4.74 Å². The van der Waals surface area contributed by atoms with Gasteiger partial charge in [0.1, 0.15) is 0 Å². The van der Waals surface area contributed by atoms with Gasteiger partial charge < -0.3 is 9.84 Å². The second kappa shape index (κ2) is 6.89. The first kappa shape index (κ1) is 15.4. The van der Waals surface area contributed by atoms with Crippen LogP contribution in [0.5, 0.6) is 0 Å². The van der Waals surface area contributed by atoms with Crippen molar-refractivity contribution >= 4 is 5.97 Å². The topological polar surface area (TPSA) is 46.5 Å². The molecule has 0 saturated carbocycles. The molecule has 0 fully saturated rings. The third-order valence-corrected chi connectivity index (χ3v) is 3.20. The van der Waals surface area contributed by atoms with Gasteiger partial charge >= 0.3 is 5.97 Å². The van der Waals surface area contributed by atoms with Gasteiger partial charge in [-0.15, -0.1) is 0 Å². The van der Waals surface area contributed by atoms with Crippen LogP contribution in [0, 0.1) is 11.3 Å². The van der Waals surface area contributed by atoms with Crippen LogP contribution in [0.3, 0.4) is 0 Å². The quantitative estimate of drug-likeness (QED) is 0.695. The lowest BCUT2D eigenvalue weighted by Gasteiger charge is -2.29. The van der Waals surface area contributed by atoms with E-state index >= 15 is 0 Å². The van der Waals surface area contributed by atoms with Crippen LogP contribution in [0.25, 0.3) is 0 Å². The zero-order chi connectivity index (χ0) is 12.8. The van der Waals surface area contributed by atoms with Gasteiger partial charge in [0.05, 0.1) is 12.0 Å². The highest BCUT2D eigenvalue weighted by Crippen LogP contribution is 2.31. The van der Waals surface area contributed by atoms with Crippen molar-refractivity contribution in [3.8, 4) is 0 Å². The van der Waals surface area contributed by atoms with Crippen molar-refractivity contribution in [1.82, 2.24) is 0 Å². The molecule has 0 saturated heterocycles. The molecule has 0 aliphatic heterocycles. The number of carbonyl (C=O) groups is 1. The summed E-state index contributed by atoms with van der Waals surface area (Å²) >= 11 is 0. The van der Waals surface area contributed by atoms with Gasteiger partial charge in [-0.3, -0.25) is 4.79 Å². The van der Waals surface area contributed by atoms with Crippen molar-refractivity contribution in [3.63, 3.8) is 0 Å². The van der Waals surface area contributed by atoms with Gasteiger partial charge in [-0.2, -0.15) is 0 Å². The number of rotatable bonds is 8. The van der Waals surface area contributed by atoms with Gasteiger partial charge in [0.15, 0.2) is 0 Å². The standard InChI is InChI=1S/C13H26O3/c1-6-8-16-10(3)11(12(14)15)9-13(4,5)7-2/h10-11H,6-9H2,1-5H3,(H,14,15). The lowest BCUT2D eigenvalue weighted by atomic mass is 9.79. The van der Waals surface area contributed by atoms with Crippen LogP contribution in [0.2, 0.25) is 0 Å². The van der Waals surface area contributed by atoms with Crippen molar-refractivity contribution in [2.45, 2.75) is 60.0 Å². The van der Waals surface area contributed by atoms with E-state index in [0.717, 1.165) is 12.8 Å². The Morgan fingerprint density at radius 1 is 1.38 bits per heavy atom. The maximum absolute atomic E-state index is 11.2. The van der Waals surface area contributed by atoms with Gasteiger partial charge in [0.2, 0.25) is 0 Å². The summed E-state index contributed by atoms with van der Waals surface area (Å²) in [5.41, 5.74) is 0.0624. The number of carboxylic acids is 1. The Labute approximate surface area is 99.2 Å². The number of hydrogen-bond acceptors (Lipinski definition) is 2.